The first-order valence-corrected chi connectivity index (χ1v) is 13.9. The van der Waals surface area contributed by atoms with Gasteiger partial charge in [0.05, 0.1) is 35.6 Å². The van der Waals surface area contributed by atoms with Gasteiger partial charge in [-0.1, -0.05) is 71.5 Å². The third-order valence-corrected chi connectivity index (χ3v) is 7.66. The van der Waals surface area contributed by atoms with E-state index < -0.39 is 12.0 Å². The largest absolute Gasteiger partial charge is 0.493 e. The fourth-order valence-electron chi connectivity index (χ4n) is 4.53. The molecule has 7 nitrogen and oxygen atoms in total. The summed E-state index contributed by atoms with van der Waals surface area (Å²) in [5, 5.41) is 0.555. The highest BCUT2D eigenvalue weighted by atomic mass is 35.5. The lowest BCUT2D eigenvalue weighted by atomic mass is 9.96. The standard InChI is InChI=1S/C31H27ClN2O5S/c1-4-38-30(36)27-19(2)33-31-34(28(27)22-11-13-23(32)14-12-22)29(35)26(40-31)17-21-10-15-24(25(16-21)37-3)39-18-20-8-6-5-7-9-20/h5-17,28H,4,18H2,1-3H3. The van der Waals surface area contributed by atoms with Gasteiger partial charge >= 0.3 is 5.97 Å². The molecule has 1 atom stereocenters. The molecule has 1 aliphatic rings. The summed E-state index contributed by atoms with van der Waals surface area (Å²) in [6.07, 6.45) is 1.79. The number of nitrogens with zero attached hydrogens (tertiary/aromatic N) is 2. The number of carbonyl (C=O) groups excluding carboxylic acids is 1. The van der Waals surface area contributed by atoms with E-state index in [1.165, 1.54) is 11.3 Å². The molecule has 40 heavy (non-hydrogen) atoms. The zero-order valence-corrected chi connectivity index (χ0v) is 23.8. The molecule has 0 radical (unpaired) electrons. The first-order valence-electron chi connectivity index (χ1n) is 12.7. The minimum absolute atomic E-state index is 0.209. The van der Waals surface area contributed by atoms with Crippen molar-refractivity contribution in [1.82, 2.24) is 4.57 Å². The van der Waals surface area contributed by atoms with Crippen LogP contribution in [0.25, 0.3) is 6.08 Å². The van der Waals surface area contributed by atoms with Crippen LogP contribution < -0.4 is 24.4 Å². The van der Waals surface area contributed by atoms with Crippen molar-refractivity contribution >= 4 is 35.0 Å². The van der Waals surface area contributed by atoms with E-state index >= 15 is 0 Å². The molecule has 0 amide bonds. The van der Waals surface area contributed by atoms with E-state index in [0.717, 1.165) is 16.7 Å². The van der Waals surface area contributed by atoms with Crippen LogP contribution in [0.1, 0.15) is 36.6 Å². The van der Waals surface area contributed by atoms with Gasteiger partial charge in [-0.3, -0.25) is 9.36 Å². The van der Waals surface area contributed by atoms with Crippen molar-refractivity contribution in [2.24, 2.45) is 4.99 Å². The van der Waals surface area contributed by atoms with Crippen LogP contribution in [0.4, 0.5) is 0 Å². The van der Waals surface area contributed by atoms with Crippen LogP contribution >= 0.6 is 22.9 Å². The lowest BCUT2D eigenvalue weighted by Crippen LogP contribution is -2.39. The number of carbonyl (C=O) groups is 1. The molecule has 3 aromatic carbocycles. The van der Waals surface area contributed by atoms with Gasteiger partial charge in [-0.05, 0) is 60.9 Å². The maximum Gasteiger partial charge on any atom is 0.338 e. The third kappa shape index (κ3) is 5.59. The molecule has 5 rings (SSSR count). The molecule has 0 aliphatic carbocycles. The Labute approximate surface area is 240 Å². The molecule has 0 saturated carbocycles. The smallest absolute Gasteiger partial charge is 0.338 e. The highest BCUT2D eigenvalue weighted by molar-refractivity contribution is 7.07. The molecule has 204 valence electrons. The van der Waals surface area contributed by atoms with Crippen LogP contribution in [0.15, 0.2) is 93.9 Å². The Hall–Kier alpha value is -4.14. The van der Waals surface area contributed by atoms with Crippen LogP contribution in [-0.2, 0) is 16.1 Å². The average molecular weight is 575 g/mol. The lowest BCUT2D eigenvalue weighted by molar-refractivity contribution is -0.139. The van der Waals surface area contributed by atoms with Gasteiger partial charge in [0.15, 0.2) is 16.3 Å². The second kappa shape index (κ2) is 11.9. The SMILES string of the molecule is CCOC(=O)C1=C(C)N=c2sc(=Cc3ccc(OCc4ccccc4)c(OC)c3)c(=O)n2C1c1ccc(Cl)cc1. The van der Waals surface area contributed by atoms with E-state index in [9.17, 15) is 9.59 Å². The summed E-state index contributed by atoms with van der Waals surface area (Å²) >= 11 is 7.39. The van der Waals surface area contributed by atoms with Gasteiger partial charge in [0.2, 0.25) is 0 Å². The van der Waals surface area contributed by atoms with Gasteiger partial charge in [0.1, 0.15) is 6.61 Å². The van der Waals surface area contributed by atoms with E-state index in [1.807, 2.05) is 48.5 Å². The Kier molecular flexibility index (Phi) is 8.19. The molecule has 0 saturated heterocycles. The van der Waals surface area contributed by atoms with Crippen molar-refractivity contribution in [1.29, 1.82) is 0 Å². The van der Waals surface area contributed by atoms with Crippen LogP contribution in [0, 0.1) is 0 Å². The number of hydrogen-bond acceptors (Lipinski definition) is 7. The van der Waals surface area contributed by atoms with Gasteiger partial charge in [0, 0.05) is 5.02 Å². The number of hydrogen-bond donors (Lipinski definition) is 0. The average Bonchev–Trinajstić information content (AvgIpc) is 3.26. The Morgan fingerprint density at radius 3 is 2.52 bits per heavy atom. The quantitative estimate of drug-likeness (QED) is 0.276. The number of rotatable bonds is 8. The van der Waals surface area contributed by atoms with E-state index in [0.29, 0.717) is 43.7 Å². The number of allylic oxidation sites excluding steroid dienone is 1. The van der Waals surface area contributed by atoms with Crippen molar-refractivity contribution in [2.45, 2.75) is 26.5 Å². The second-order valence-electron chi connectivity index (χ2n) is 9.04. The highest BCUT2D eigenvalue weighted by Crippen LogP contribution is 2.32. The van der Waals surface area contributed by atoms with Crippen molar-refractivity contribution < 1.29 is 19.0 Å². The number of fused-ring (bicyclic) bond motifs is 1. The molecule has 1 aliphatic heterocycles. The summed E-state index contributed by atoms with van der Waals surface area (Å²) in [5.74, 6) is 0.646. The molecule has 0 spiro atoms. The van der Waals surface area contributed by atoms with Crippen molar-refractivity contribution in [2.75, 3.05) is 13.7 Å². The number of halogens is 1. The molecule has 1 aromatic heterocycles. The van der Waals surface area contributed by atoms with Crippen LogP contribution in [0.3, 0.4) is 0 Å². The number of ether oxygens (including phenoxy) is 3. The molecule has 0 N–H and O–H groups in total. The maximum absolute atomic E-state index is 13.8. The van der Waals surface area contributed by atoms with Crippen LogP contribution in [0.5, 0.6) is 11.5 Å². The number of methoxy groups -OCH3 is 1. The number of esters is 1. The summed E-state index contributed by atoms with van der Waals surface area (Å²) in [5.41, 5.74) is 3.11. The van der Waals surface area contributed by atoms with Crippen molar-refractivity contribution in [3.8, 4) is 11.5 Å². The molecular weight excluding hydrogens is 548 g/mol. The Morgan fingerprint density at radius 1 is 1.07 bits per heavy atom. The van der Waals surface area contributed by atoms with Crippen molar-refractivity contribution in [3.05, 3.63) is 125 Å². The van der Waals surface area contributed by atoms with Gasteiger partial charge in [-0.25, -0.2) is 9.79 Å². The lowest BCUT2D eigenvalue weighted by Gasteiger charge is -2.24. The molecule has 0 bridgehead atoms. The van der Waals surface area contributed by atoms with E-state index in [4.69, 9.17) is 25.8 Å². The first kappa shape index (κ1) is 27.4. The number of thiazole rings is 1. The summed E-state index contributed by atoms with van der Waals surface area (Å²) in [7, 11) is 1.58. The summed E-state index contributed by atoms with van der Waals surface area (Å²) in [6.45, 7) is 4.11. The molecular formula is C31H27ClN2O5S. The Balaban J connectivity index is 1.55. The summed E-state index contributed by atoms with van der Waals surface area (Å²) < 4.78 is 18.9. The first-order chi connectivity index (χ1) is 19.4. The van der Waals surface area contributed by atoms with Gasteiger partial charge in [-0.15, -0.1) is 0 Å². The van der Waals surface area contributed by atoms with E-state index in [-0.39, 0.29) is 12.2 Å². The number of aromatic nitrogens is 1. The van der Waals surface area contributed by atoms with Crippen LogP contribution in [-0.4, -0.2) is 24.3 Å². The predicted octanol–water partition coefficient (Wildman–Crippen LogP) is 5.04. The van der Waals surface area contributed by atoms with E-state index in [1.54, 1.807) is 55.9 Å². The normalized spacial score (nSPS) is 14.9. The van der Waals surface area contributed by atoms with Gasteiger partial charge in [-0.2, -0.15) is 0 Å². The molecule has 2 heterocycles. The van der Waals surface area contributed by atoms with Gasteiger partial charge < -0.3 is 14.2 Å². The van der Waals surface area contributed by atoms with Gasteiger partial charge in [0.25, 0.3) is 5.56 Å². The molecule has 0 fully saturated rings. The fourth-order valence-corrected chi connectivity index (χ4v) is 5.70. The highest BCUT2D eigenvalue weighted by Gasteiger charge is 2.33. The molecule has 9 heteroatoms. The monoisotopic (exact) mass is 574 g/mol. The maximum atomic E-state index is 13.8. The molecule has 1 unspecified atom stereocenters. The Morgan fingerprint density at radius 2 is 1.82 bits per heavy atom. The predicted molar refractivity (Wildman–Crippen MR) is 156 cm³/mol. The fraction of sp³-hybridized carbons (Fsp3) is 0.194. The zero-order valence-electron chi connectivity index (χ0n) is 22.2. The molecule has 4 aromatic rings. The van der Waals surface area contributed by atoms with Crippen molar-refractivity contribution in [3.63, 3.8) is 0 Å². The minimum atomic E-state index is -0.696. The summed E-state index contributed by atoms with van der Waals surface area (Å²) in [6, 6.07) is 21.8. The number of benzene rings is 3. The summed E-state index contributed by atoms with van der Waals surface area (Å²) in [4.78, 5) is 31.9. The topological polar surface area (TPSA) is 79.1 Å². The minimum Gasteiger partial charge on any atom is -0.493 e. The van der Waals surface area contributed by atoms with E-state index in [2.05, 4.69) is 4.99 Å². The van der Waals surface area contributed by atoms with Crippen LogP contribution in [0.2, 0.25) is 5.02 Å². The Bertz CT molecular complexity index is 1760. The third-order valence-electron chi connectivity index (χ3n) is 6.43. The second-order valence-corrected chi connectivity index (χ2v) is 10.5. The zero-order chi connectivity index (χ0) is 28.2.